The summed E-state index contributed by atoms with van der Waals surface area (Å²) in [6, 6.07) is 10.9. The molecule has 1 aromatic rings. The fraction of sp³-hybridized carbons (Fsp3) is 0.429. The first-order valence-corrected chi connectivity index (χ1v) is 5.55. The van der Waals surface area contributed by atoms with E-state index < -0.39 is 0 Å². The third kappa shape index (κ3) is 3.77. The molecule has 0 aromatic heterocycles. The van der Waals surface area contributed by atoms with E-state index in [2.05, 4.69) is 49.4 Å². The summed E-state index contributed by atoms with van der Waals surface area (Å²) in [5, 5.41) is 3.45. The number of benzene rings is 1. The SMILES string of the molecule is C#CC(CCC)NC(C)c1ccccc1. The Morgan fingerprint density at radius 2 is 2.00 bits per heavy atom. The van der Waals surface area contributed by atoms with Crippen LogP contribution in [0.2, 0.25) is 0 Å². The molecular weight excluding hydrogens is 182 g/mol. The largest absolute Gasteiger partial charge is 0.297 e. The maximum atomic E-state index is 5.47. The summed E-state index contributed by atoms with van der Waals surface area (Å²) >= 11 is 0. The van der Waals surface area contributed by atoms with E-state index in [4.69, 9.17) is 6.42 Å². The smallest absolute Gasteiger partial charge is 0.0691 e. The maximum absolute atomic E-state index is 5.47. The van der Waals surface area contributed by atoms with Crippen molar-refractivity contribution in [1.82, 2.24) is 5.32 Å². The summed E-state index contributed by atoms with van der Waals surface area (Å²) in [4.78, 5) is 0. The van der Waals surface area contributed by atoms with E-state index in [9.17, 15) is 0 Å². The lowest BCUT2D eigenvalue weighted by Gasteiger charge is -2.19. The van der Waals surface area contributed by atoms with Gasteiger partial charge in [0.05, 0.1) is 6.04 Å². The lowest BCUT2D eigenvalue weighted by molar-refractivity contribution is 0.495. The van der Waals surface area contributed by atoms with Crippen LogP contribution in [0.25, 0.3) is 0 Å². The molecule has 80 valence electrons. The Hall–Kier alpha value is -1.26. The number of terminal acetylenes is 1. The number of rotatable bonds is 5. The van der Waals surface area contributed by atoms with Crippen LogP contribution in [0.1, 0.15) is 38.3 Å². The molecule has 1 nitrogen and oxygen atoms in total. The second-order valence-corrected chi connectivity index (χ2v) is 3.81. The fourth-order valence-corrected chi connectivity index (χ4v) is 1.64. The summed E-state index contributed by atoms with van der Waals surface area (Å²) in [5.74, 6) is 2.79. The van der Waals surface area contributed by atoms with Gasteiger partial charge in [0, 0.05) is 6.04 Å². The highest BCUT2D eigenvalue weighted by Gasteiger charge is 2.09. The topological polar surface area (TPSA) is 12.0 Å². The van der Waals surface area contributed by atoms with Crippen molar-refractivity contribution in [2.75, 3.05) is 0 Å². The molecule has 2 atom stereocenters. The molecule has 0 amide bonds. The summed E-state index contributed by atoms with van der Waals surface area (Å²) in [5.41, 5.74) is 1.29. The van der Waals surface area contributed by atoms with Gasteiger partial charge in [-0.15, -0.1) is 6.42 Å². The normalized spacial score (nSPS) is 14.2. The van der Waals surface area contributed by atoms with Gasteiger partial charge < -0.3 is 0 Å². The van der Waals surface area contributed by atoms with E-state index in [0.29, 0.717) is 6.04 Å². The zero-order valence-corrected chi connectivity index (χ0v) is 9.53. The van der Waals surface area contributed by atoms with Gasteiger partial charge in [-0.25, -0.2) is 0 Å². The highest BCUT2D eigenvalue weighted by molar-refractivity contribution is 5.19. The predicted molar refractivity (Wildman–Crippen MR) is 65.5 cm³/mol. The molecule has 1 heteroatoms. The third-order valence-corrected chi connectivity index (χ3v) is 2.53. The van der Waals surface area contributed by atoms with Gasteiger partial charge in [0.15, 0.2) is 0 Å². The monoisotopic (exact) mass is 201 g/mol. The van der Waals surface area contributed by atoms with Crippen LogP contribution < -0.4 is 5.32 Å². The fourth-order valence-electron chi connectivity index (χ4n) is 1.64. The third-order valence-electron chi connectivity index (χ3n) is 2.53. The molecule has 15 heavy (non-hydrogen) atoms. The van der Waals surface area contributed by atoms with Crippen LogP contribution in [-0.2, 0) is 0 Å². The minimum absolute atomic E-state index is 0.185. The van der Waals surface area contributed by atoms with E-state index in [0.717, 1.165) is 12.8 Å². The van der Waals surface area contributed by atoms with Crippen molar-refractivity contribution in [2.45, 2.75) is 38.8 Å². The minimum atomic E-state index is 0.185. The van der Waals surface area contributed by atoms with Crippen molar-refractivity contribution in [1.29, 1.82) is 0 Å². The first-order chi connectivity index (χ1) is 7.27. The first-order valence-electron chi connectivity index (χ1n) is 5.55. The molecule has 0 radical (unpaired) electrons. The van der Waals surface area contributed by atoms with Crippen LogP contribution in [0.5, 0.6) is 0 Å². The minimum Gasteiger partial charge on any atom is -0.297 e. The Morgan fingerprint density at radius 1 is 1.33 bits per heavy atom. The Bertz CT molecular complexity index is 310. The van der Waals surface area contributed by atoms with Gasteiger partial charge >= 0.3 is 0 Å². The molecule has 0 saturated heterocycles. The Balaban J connectivity index is 2.55. The standard InChI is InChI=1S/C14H19N/c1-4-9-14(5-2)15-12(3)13-10-7-6-8-11-13/h2,6-8,10-12,14-15H,4,9H2,1,3H3. The first kappa shape index (κ1) is 11.8. The summed E-state index contributed by atoms with van der Waals surface area (Å²) in [7, 11) is 0. The molecule has 0 spiro atoms. The van der Waals surface area contributed by atoms with Gasteiger partial charge in [-0.2, -0.15) is 0 Å². The summed E-state index contributed by atoms with van der Waals surface area (Å²) < 4.78 is 0. The van der Waals surface area contributed by atoms with Crippen molar-refractivity contribution in [3.05, 3.63) is 35.9 Å². The van der Waals surface area contributed by atoms with Crippen LogP contribution in [0.4, 0.5) is 0 Å². The van der Waals surface area contributed by atoms with E-state index in [1.54, 1.807) is 0 Å². The van der Waals surface area contributed by atoms with Crippen LogP contribution in [0, 0.1) is 12.3 Å². The highest BCUT2D eigenvalue weighted by Crippen LogP contribution is 2.12. The van der Waals surface area contributed by atoms with Gasteiger partial charge in [-0.1, -0.05) is 49.6 Å². The molecular formula is C14H19N. The van der Waals surface area contributed by atoms with Gasteiger partial charge in [0.25, 0.3) is 0 Å². The maximum Gasteiger partial charge on any atom is 0.0691 e. The predicted octanol–water partition coefficient (Wildman–Crippen LogP) is 3.14. The molecule has 1 N–H and O–H groups in total. The average molecular weight is 201 g/mol. The molecule has 0 aliphatic heterocycles. The zero-order chi connectivity index (χ0) is 11.1. The van der Waals surface area contributed by atoms with Crippen molar-refractivity contribution in [3.8, 4) is 12.3 Å². The lowest BCUT2D eigenvalue weighted by atomic mass is 10.1. The number of hydrogen-bond donors (Lipinski definition) is 1. The second-order valence-electron chi connectivity index (χ2n) is 3.81. The van der Waals surface area contributed by atoms with E-state index >= 15 is 0 Å². The Kier molecular flexibility index (Phi) is 4.93. The van der Waals surface area contributed by atoms with Gasteiger partial charge in [0.1, 0.15) is 0 Å². The van der Waals surface area contributed by atoms with Crippen LogP contribution in [0.3, 0.4) is 0 Å². The van der Waals surface area contributed by atoms with E-state index in [1.807, 2.05) is 6.07 Å². The zero-order valence-electron chi connectivity index (χ0n) is 9.53. The number of hydrogen-bond acceptors (Lipinski definition) is 1. The van der Waals surface area contributed by atoms with Crippen molar-refractivity contribution in [2.24, 2.45) is 0 Å². The van der Waals surface area contributed by atoms with Crippen LogP contribution in [0.15, 0.2) is 30.3 Å². The molecule has 2 unspecified atom stereocenters. The van der Waals surface area contributed by atoms with Crippen LogP contribution >= 0.6 is 0 Å². The van der Waals surface area contributed by atoms with Crippen molar-refractivity contribution >= 4 is 0 Å². The molecule has 0 aliphatic rings. The van der Waals surface area contributed by atoms with Crippen molar-refractivity contribution in [3.63, 3.8) is 0 Å². The van der Waals surface area contributed by atoms with Crippen molar-refractivity contribution < 1.29 is 0 Å². The summed E-state index contributed by atoms with van der Waals surface area (Å²) in [6.07, 6.45) is 7.62. The second kappa shape index (κ2) is 6.27. The Labute approximate surface area is 92.9 Å². The molecule has 0 aliphatic carbocycles. The summed E-state index contributed by atoms with van der Waals surface area (Å²) in [6.45, 7) is 4.30. The lowest BCUT2D eigenvalue weighted by Crippen LogP contribution is -2.30. The molecule has 0 bridgehead atoms. The average Bonchev–Trinajstić information content (AvgIpc) is 2.29. The molecule has 0 fully saturated rings. The Morgan fingerprint density at radius 3 is 2.53 bits per heavy atom. The van der Waals surface area contributed by atoms with Gasteiger partial charge in [-0.05, 0) is 18.9 Å². The number of nitrogens with one attached hydrogen (secondary N) is 1. The van der Waals surface area contributed by atoms with Gasteiger partial charge in [0.2, 0.25) is 0 Å². The quantitative estimate of drug-likeness (QED) is 0.722. The van der Waals surface area contributed by atoms with Crippen LogP contribution in [-0.4, -0.2) is 6.04 Å². The van der Waals surface area contributed by atoms with Gasteiger partial charge in [-0.3, -0.25) is 5.32 Å². The molecule has 0 heterocycles. The molecule has 1 aromatic carbocycles. The highest BCUT2D eigenvalue weighted by atomic mass is 14.9. The molecule has 0 saturated carbocycles. The van der Waals surface area contributed by atoms with E-state index in [-0.39, 0.29) is 6.04 Å². The molecule has 1 rings (SSSR count). The van der Waals surface area contributed by atoms with E-state index in [1.165, 1.54) is 5.56 Å².